The molecule has 1 aromatic rings. The van der Waals surface area contributed by atoms with Crippen LogP contribution in [0.1, 0.15) is 11.1 Å². The van der Waals surface area contributed by atoms with Crippen LogP contribution < -0.4 is 9.47 Å². The molecule has 1 aromatic carbocycles. The van der Waals surface area contributed by atoms with Gasteiger partial charge in [-0.15, -0.1) is 0 Å². The molecule has 0 spiro atoms. The molecule has 2 aliphatic rings. The Balaban J connectivity index is 1.71. The van der Waals surface area contributed by atoms with Gasteiger partial charge in [0.1, 0.15) is 13.2 Å². The molecule has 2 aliphatic heterocycles. The Hall–Kier alpha value is -1.75. The summed E-state index contributed by atoms with van der Waals surface area (Å²) in [5, 5.41) is 0. The Bertz CT molecular complexity index is 537. The lowest BCUT2D eigenvalue weighted by atomic mass is 10.0. The number of fused-ring (bicyclic) bond motifs is 1. The Morgan fingerprint density at radius 1 is 1.10 bits per heavy atom. The highest BCUT2D eigenvalue weighted by Gasteiger charge is 2.21. The standard InChI is InChI=1S/C16H22N2O3/c1-12-9-14-15(21-8-7-20-14)10-13(12)11-16(19)18-5-3-17(2)4-6-18/h9-10H,3-8,11H2,1-2H3. The fraction of sp³-hybridized carbons (Fsp3) is 0.562. The number of rotatable bonds is 2. The highest BCUT2D eigenvalue weighted by atomic mass is 16.6. The smallest absolute Gasteiger partial charge is 0.227 e. The van der Waals surface area contributed by atoms with E-state index in [1.807, 2.05) is 24.0 Å². The molecule has 5 nitrogen and oxygen atoms in total. The van der Waals surface area contributed by atoms with E-state index in [0.29, 0.717) is 19.6 Å². The van der Waals surface area contributed by atoms with Gasteiger partial charge in [-0.25, -0.2) is 0 Å². The normalized spacial score (nSPS) is 18.7. The van der Waals surface area contributed by atoms with Crippen molar-refractivity contribution in [3.63, 3.8) is 0 Å². The second-order valence-corrected chi connectivity index (χ2v) is 5.78. The van der Waals surface area contributed by atoms with E-state index in [0.717, 1.165) is 48.8 Å². The fourth-order valence-electron chi connectivity index (χ4n) is 2.75. The first kappa shape index (κ1) is 14.2. The second-order valence-electron chi connectivity index (χ2n) is 5.78. The number of nitrogens with zero attached hydrogens (tertiary/aromatic N) is 2. The number of amides is 1. The lowest BCUT2D eigenvalue weighted by Gasteiger charge is -2.32. The molecule has 0 aliphatic carbocycles. The third-order valence-electron chi connectivity index (χ3n) is 4.20. The van der Waals surface area contributed by atoms with Gasteiger partial charge in [-0.2, -0.15) is 0 Å². The number of hydrogen-bond acceptors (Lipinski definition) is 4. The molecule has 1 saturated heterocycles. The molecule has 3 rings (SSSR count). The average Bonchev–Trinajstić information content (AvgIpc) is 2.48. The number of ether oxygens (including phenoxy) is 2. The zero-order valence-electron chi connectivity index (χ0n) is 12.7. The van der Waals surface area contributed by atoms with Gasteiger partial charge in [-0.3, -0.25) is 4.79 Å². The van der Waals surface area contributed by atoms with Gasteiger partial charge in [0.15, 0.2) is 11.5 Å². The van der Waals surface area contributed by atoms with Crippen molar-refractivity contribution in [1.82, 2.24) is 9.80 Å². The van der Waals surface area contributed by atoms with Crippen molar-refractivity contribution >= 4 is 5.91 Å². The molecule has 2 heterocycles. The summed E-state index contributed by atoms with van der Waals surface area (Å²) in [7, 11) is 2.09. The molecule has 0 unspecified atom stereocenters. The number of aryl methyl sites for hydroxylation is 1. The van der Waals surface area contributed by atoms with Crippen molar-refractivity contribution in [3.05, 3.63) is 23.3 Å². The maximum Gasteiger partial charge on any atom is 0.227 e. The number of carbonyl (C=O) groups excluding carboxylic acids is 1. The summed E-state index contributed by atoms with van der Waals surface area (Å²) in [6.45, 7) is 6.72. The van der Waals surface area contributed by atoms with Gasteiger partial charge in [-0.05, 0) is 37.2 Å². The molecule has 114 valence electrons. The van der Waals surface area contributed by atoms with E-state index < -0.39 is 0 Å². The number of carbonyl (C=O) groups is 1. The maximum atomic E-state index is 12.4. The Morgan fingerprint density at radius 3 is 2.38 bits per heavy atom. The number of benzene rings is 1. The maximum absolute atomic E-state index is 12.4. The predicted molar refractivity (Wildman–Crippen MR) is 80.0 cm³/mol. The van der Waals surface area contributed by atoms with E-state index in [4.69, 9.17) is 9.47 Å². The van der Waals surface area contributed by atoms with E-state index >= 15 is 0 Å². The minimum atomic E-state index is 0.197. The van der Waals surface area contributed by atoms with E-state index in [2.05, 4.69) is 11.9 Å². The Labute approximate surface area is 125 Å². The summed E-state index contributed by atoms with van der Waals surface area (Å²) in [5.74, 6) is 1.74. The van der Waals surface area contributed by atoms with Crippen LogP contribution in [0.4, 0.5) is 0 Å². The van der Waals surface area contributed by atoms with Crippen molar-refractivity contribution in [2.75, 3.05) is 46.4 Å². The third kappa shape index (κ3) is 3.13. The summed E-state index contributed by atoms with van der Waals surface area (Å²) in [5.41, 5.74) is 2.12. The summed E-state index contributed by atoms with van der Waals surface area (Å²) >= 11 is 0. The first-order valence-corrected chi connectivity index (χ1v) is 7.49. The summed E-state index contributed by atoms with van der Waals surface area (Å²) in [6.07, 6.45) is 0.437. The van der Waals surface area contributed by atoms with Gasteiger partial charge in [0.2, 0.25) is 5.91 Å². The molecule has 5 heteroatoms. The van der Waals surface area contributed by atoms with Gasteiger partial charge in [-0.1, -0.05) is 0 Å². The topological polar surface area (TPSA) is 42.0 Å². The van der Waals surface area contributed by atoms with Crippen LogP contribution in [0.25, 0.3) is 0 Å². The molecule has 0 radical (unpaired) electrons. The average molecular weight is 290 g/mol. The van der Waals surface area contributed by atoms with Gasteiger partial charge < -0.3 is 19.3 Å². The van der Waals surface area contributed by atoms with Gasteiger partial charge in [0.25, 0.3) is 0 Å². The zero-order valence-corrected chi connectivity index (χ0v) is 12.7. The largest absolute Gasteiger partial charge is 0.486 e. The van der Waals surface area contributed by atoms with Crippen LogP contribution in [0.15, 0.2) is 12.1 Å². The molecule has 21 heavy (non-hydrogen) atoms. The van der Waals surface area contributed by atoms with Gasteiger partial charge in [0, 0.05) is 26.2 Å². The summed E-state index contributed by atoms with van der Waals surface area (Å²) < 4.78 is 11.2. The molecule has 1 fully saturated rings. The summed E-state index contributed by atoms with van der Waals surface area (Å²) in [4.78, 5) is 16.6. The quantitative estimate of drug-likeness (QED) is 0.817. The first-order valence-electron chi connectivity index (χ1n) is 7.49. The molecule has 0 aromatic heterocycles. The monoisotopic (exact) mass is 290 g/mol. The van der Waals surface area contributed by atoms with E-state index in [-0.39, 0.29) is 5.91 Å². The van der Waals surface area contributed by atoms with Crippen LogP contribution in [0.2, 0.25) is 0 Å². The van der Waals surface area contributed by atoms with Crippen molar-refractivity contribution < 1.29 is 14.3 Å². The van der Waals surface area contributed by atoms with Crippen LogP contribution in [-0.4, -0.2) is 62.1 Å². The molecule has 0 atom stereocenters. The van der Waals surface area contributed by atoms with Gasteiger partial charge >= 0.3 is 0 Å². The first-order chi connectivity index (χ1) is 10.1. The van der Waals surface area contributed by atoms with Crippen LogP contribution in [0.5, 0.6) is 11.5 Å². The van der Waals surface area contributed by atoms with E-state index in [1.54, 1.807) is 0 Å². The van der Waals surface area contributed by atoms with Crippen LogP contribution in [0.3, 0.4) is 0 Å². The predicted octanol–water partition coefficient (Wildman–Crippen LogP) is 1.08. The Morgan fingerprint density at radius 2 is 1.71 bits per heavy atom. The van der Waals surface area contributed by atoms with E-state index in [1.165, 1.54) is 0 Å². The number of hydrogen-bond donors (Lipinski definition) is 0. The SMILES string of the molecule is Cc1cc2c(cc1CC(=O)N1CCN(C)CC1)OCCO2. The van der Waals surface area contributed by atoms with Crippen molar-refractivity contribution in [1.29, 1.82) is 0 Å². The molecule has 0 bridgehead atoms. The van der Waals surface area contributed by atoms with Crippen molar-refractivity contribution in [3.8, 4) is 11.5 Å². The molecule has 0 N–H and O–H groups in total. The van der Waals surface area contributed by atoms with Crippen LogP contribution in [0, 0.1) is 6.92 Å². The van der Waals surface area contributed by atoms with Crippen LogP contribution >= 0.6 is 0 Å². The third-order valence-corrected chi connectivity index (χ3v) is 4.20. The molecular weight excluding hydrogens is 268 g/mol. The highest BCUT2D eigenvalue weighted by Crippen LogP contribution is 2.33. The molecular formula is C16H22N2O3. The second kappa shape index (κ2) is 5.93. The lowest BCUT2D eigenvalue weighted by molar-refractivity contribution is -0.132. The minimum absolute atomic E-state index is 0.197. The molecule has 0 saturated carbocycles. The summed E-state index contributed by atoms with van der Waals surface area (Å²) in [6, 6.07) is 3.93. The molecule has 1 amide bonds. The highest BCUT2D eigenvalue weighted by molar-refractivity contribution is 5.79. The van der Waals surface area contributed by atoms with Crippen molar-refractivity contribution in [2.24, 2.45) is 0 Å². The zero-order chi connectivity index (χ0) is 14.8. The van der Waals surface area contributed by atoms with Crippen molar-refractivity contribution in [2.45, 2.75) is 13.3 Å². The number of piperazine rings is 1. The van der Waals surface area contributed by atoms with Crippen LogP contribution in [-0.2, 0) is 11.2 Å². The fourth-order valence-corrected chi connectivity index (χ4v) is 2.75. The van der Waals surface area contributed by atoms with Gasteiger partial charge in [0.05, 0.1) is 6.42 Å². The Kier molecular flexibility index (Phi) is 4.01. The lowest BCUT2D eigenvalue weighted by Crippen LogP contribution is -2.47. The number of likely N-dealkylation sites (N-methyl/N-ethyl adjacent to an activating group) is 1. The minimum Gasteiger partial charge on any atom is -0.486 e. The van der Waals surface area contributed by atoms with E-state index in [9.17, 15) is 4.79 Å².